The van der Waals surface area contributed by atoms with Crippen molar-refractivity contribution in [1.82, 2.24) is 9.03 Å². The second-order valence-corrected chi connectivity index (χ2v) is 8.17. The van der Waals surface area contributed by atoms with Gasteiger partial charge in [-0.1, -0.05) is 19.3 Å². The van der Waals surface area contributed by atoms with Gasteiger partial charge < -0.3 is 0 Å². The third-order valence-electron chi connectivity index (χ3n) is 4.18. The Bertz CT molecular complexity index is 367. The third-order valence-corrected chi connectivity index (χ3v) is 6.15. The summed E-state index contributed by atoms with van der Waals surface area (Å²) in [5, 5.41) is 0.224. The highest BCUT2D eigenvalue weighted by Crippen LogP contribution is 2.27. The molecule has 1 aliphatic carbocycles. The van der Waals surface area contributed by atoms with Crippen molar-refractivity contribution in [2.24, 2.45) is 5.92 Å². The molecule has 2 rings (SSSR count). The average molecular weight is 309 g/mol. The molecule has 2 unspecified atom stereocenters. The van der Waals surface area contributed by atoms with Crippen LogP contribution in [0.3, 0.4) is 0 Å². The van der Waals surface area contributed by atoms with E-state index in [0.29, 0.717) is 25.6 Å². The fourth-order valence-corrected chi connectivity index (χ4v) is 4.78. The Balaban J connectivity index is 1.82. The number of nitrogens with one attached hydrogen (secondary N) is 1. The zero-order valence-electron chi connectivity index (χ0n) is 11.5. The highest BCUT2D eigenvalue weighted by molar-refractivity contribution is 7.87. The Morgan fingerprint density at radius 3 is 2.37 bits per heavy atom. The van der Waals surface area contributed by atoms with Crippen LogP contribution in [0.5, 0.6) is 0 Å². The molecule has 1 saturated carbocycles. The van der Waals surface area contributed by atoms with E-state index in [0.717, 1.165) is 51.4 Å². The maximum absolute atomic E-state index is 12.2. The Morgan fingerprint density at radius 1 is 1.05 bits per heavy atom. The van der Waals surface area contributed by atoms with Crippen molar-refractivity contribution >= 4 is 21.8 Å². The van der Waals surface area contributed by atoms with Crippen molar-refractivity contribution in [2.45, 2.75) is 56.7 Å². The summed E-state index contributed by atoms with van der Waals surface area (Å²) in [5.74, 6) is 0.401. The topological polar surface area (TPSA) is 49.4 Å². The van der Waals surface area contributed by atoms with E-state index in [1.54, 1.807) is 4.31 Å². The van der Waals surface area contributed by atoms with Crippen molar-refractivity contribution in [3.05, 3.63) is 0 Å². The van der Waals surface area contributed by atoms with E-state index in [2.05, 4.69) is 4.72 Å². The minimum absolute atomic E-state index is 0.224. The van der Waals surface area contributed by atoms with E-state index < -0.39 is 10.2 Å². The molecule has 0 aromatic rings. The quantitative estimate of drug-likeness (QED) is 0.811. The molecule has 4 nitrogen and oxygen atoms in total. The first-order valence-electron chi connectivity index (χ1n) is 7.47. The van der Waals surface area contributed by atoms with Gasteiger partial charge in [-0.2, -0.15) is 12.7 Å². The average Bonchev–Trinajstić information content (AvgIpc) is 2.66. The van der Waals surface area contributed by atoms with Crippen molar-refractivity contribution in [3.63, 3.8) is 0 Å². The maximum atomic E-state index is 12.2. The zero-order valence-corrected chi connectivity index (χ0v) is 13.1. The van der Waals surface area contributed by atoms with Crippen LogP contribution in [0.25, 0.3) is 0 Å². The van der Waals surface area contributed by atoms with Crippen LogP contribution < -0.4 is 4.72 Å². The lowest BCUT2D eigenvalue weighted by atomic mass is 9.89. The number of hydrogen-bond donors (Lipinski definition) is 1. The van der Waals surface area contributed by atoms with E-state index in [1.807, 2.05) is 0 Å². The SMILES string of the molecule is O=S(=O)(NCC1CCCC(Cl)C1)N1CCCCCC1. The molecule has 0 spiro atoms. The van der Waals surface area contributed by atoms with Gasteiger partial charge in [0.15, 0.2) is 0 Å². The predicted octanol–water partition coefficient (Wildman–Crippen LogP) is 2.49. The highest BCUT2D eigenvalue weighted by atomic mass is 35.5. The molecule has 6 heteroatoms. The maximum Gasteiger partial charge on any atom is 0.279 e. The van der Waals surface area contributed by atoms with Crippen LogP contribution in [-0.4, -0.2) is 37.7 Å². The molecule has 1 N–H and O–H groups in total. The lowest BCUT2D eigenvalue weighted by molar-refractivity contribution is 0.353. The second-order valence-electron chi connectivity index (χ2n) is 5.80. The molecule has 2 fully saturated rings. The van der Waals surface area contributed by atoms with Gasteiger partial charge in [-0.05, 0) is 38.0 Å². The van der Waals surface area contributed by atoms with Crippen LogP contribution in [0.4, 0.5) is 0 Å². The van der Waals surface area contributed by atoms with Crippen LogP contribution in [0.2, 0.25) is 0 Å². The number of halogens is 1. The first kappa shape index (κ1) is 15.5. The minimum Gasteiger partial charge on any atom is -0.202 e. The summed E-state index contributed by atoms with van der Waals surface area (Å²) >= 11 is 6.14. The predicted molar refractivity (Wildman–Crippen MR) is 78.6 cm³/mol. The molecule has 0 amide bonds. The first-order valence-corrected chi connectivity index (χ1v) is 9.34. The third kappa shape index (κ3) is 4.88. The molecular weight excluding hydrogens is 284 g/mol. The van der Waals surface area contributed by atoms with Gasteiger partial charge >= 0.3 is 0 Å². The summed E-state index contributed by atoms with van der Waals surface area (Å²) in [7, 11) is -3.28. The number of alkyl halides is 1. The summed E-state index contributed by atoms with van der Waals surface area (Å²) in [6.45, 7) is 1.87. The summed E-state index contributed by atoms with van der Waals surface area (Å²) in [4.78, 5) is 0. The fourth-order valence-electron chi connectivity index (χ4n) is 3.01. The summed E-state index contributed by atoms with van der Waals surface area (Å²) < 4.78 is 28.9. The molecule has 1 heterocycles. The van der Waals surface area contributed by atoms with E-state index in [9.17, 15) is 8.42 Å². The standard InChI is InChI=1S/C13H25ClN2O2S/c14-13-7-5-6-12(10-13)11-15-19(17,18)16-8-3-1-2-4-9-16/h12-13,15H,1-11H2. The van der Waals surface area contributed by atoms with Crippen molar-refractivity contribution in [3.8, 4) is 0 Å². The Morgan fingerprint density at radius 2 is 1.74 bits per heavy atom. The number of rotatable bonds is 4. The Hall–Kier alpha value is 0.160. The molecule has 2 atom stereocenters. The van der Waals surface area contributed by atoms with Gasteiger partial charge in [0, 0.05) is 25.0 Å². The Labute approximate surface area is 122 Å². The zero-order chi connectivity index (χ0) is 13.7. The molecule has 0 aromatic carbocycles. The van der Waals surface area contributed by atoms with E-state index in [1.165, 1.54) is 0 Å². The highest BCUT2D eigenvalue weighted by Gasteiger charge is 2.25. The number of hydrogen-bond acceptors (Lipinski definition) is 2. The smallest absolute Gasteiger partial charge is 0.202 e. The van der Waals surface area contributed by atoms with Crippen LogP contribution in [0, 0.1) is 5.92 Å². The Kier molecular flexibility index (Phi) is 5.93. The molecule has 112 valence electrons. The molecule has 1 saturated heterocycles. The molecule has 0 bridgehead atoms. The van der Waals surface area contributed by atoms with Crippen LogP contribution in [0.1, 0.15) is 51.4 Å². The van der Waals surface area contributed by atoms with Gasteiger partial charge in [0.2, 0.25) is 0 Å². The van der Waals surface area contributed by atoms with Gasteiger partial charge in [0.05, 0.1) is 0 Å². The van der Waals surface area contributed by atoms with Gasteiger partial charge in [-0.25, -0.2) is 4.72 Å². The van der Waals surface area contributed by atoms with Crippen LogP contribution >= 0.6 is 11.6 Å². The minimum atomic E-state index is -3.28. The van der Waals surface area contributed by atoms with Crippen molar-refractivity contribution < 1.29 is 8.42 Å². The number of nitrogens with zero attached hydrogens (tertiary/aromatic N) is 1. The molecule has 0 radical (unpaired) electrons. The molecule has 1 aliphatic heterocycles. The lowest BCUT2D eigenvalue weighted by Gasteiger charge is -2.27. The lowest BCUT2D eigenvalue weighted by Crippen LogP contribution is -2.43. The van der Waals surface area contributed by atoms with Crippen molar-refractivity contribution in [1.29, 1.82) is 0 Å². The van der Waals surface area contributed by atoms with Crippen LogP contribution in [-0.2, 0) is 10.2 Å². The van der Waals surface area contributed by atoms with E-state index in [-0.39, 0.29) is 5.38 Å². The first-order chi connectivity index (χ1) is 9.08. The van der Waals surface area contributed by atoms with Gasteiger partial charge in [-0.3, -0.25) is 0 Å². The van der Waals surface area contributed by atoms with E-state index in [4.69, 9.17) is 11.6 Å². The normalized spacial score (nSPS) is 31.0. The molecule has 19 heavy (non-hydrogen) atoms. The van der Waals surface area contributed by atoms with Gasteiger partial charge in [-0.15, -0.1) is 11.6 Å². The van der Waals surface area contributed by atoms with Crippen molar-refractivity contribution in [2.75, 3.05) is 19.6 Å². The second kappa shape index (κ2) is 7.25. The van der Waals surface area contributed by atoms with Crippen LogP contribution in [0.15, 0.2) is 0 Å². The monoisotopic (exact) mass is 308 g/mol. The summed E-state index contributed by atoms with van der Waals surface area (Å²) in [6.07, 6.45) is 8.45. The molecule has 0 aromatic heterocycles. The summed E-state index contributed by atoms with van der Waals surface area (Å²) in [6, 6.07) is 0. The fraction of sp³-hybridized carbons (Fsp3) is 1.00. The molecule has 2 aliphatic rings. The summed E-state index contributed by atoms with van der Waals surface area (Å²) in [5.41, 5.74) is 0. The molecular formula is C13H25ClN2O2S. The van der Waals surface area contributed by atoms with E-state index >= 15 is 0 Å². The largest absolute Gasteiger partial charge is 0.279 e. The van der Waals surface area contributed by atoms with Gasteiger partial charge in [0.1, 0.15) is 0 Å². The van der Waals surface area contributed by atoms with Gasteiger partial charge in [0.25, 0.3) is 10.2 Å².